The molecule has 1 unspecified atom stereocenters. The van der Waals surface area contributed by atoms with Gasteiger partial charge in [0.25, 0.3) is 0 Å². The van der Waals surface area contributed by atoms with Crippen molar-refractivity contribution in [2.24, 2.45) is 0 Å². The smallest absolute Gasteiger partial charge is 0.128 e. The third kappa shape index (κ3) is 3.01. The predicted octanol–water partition coefficient (Wildman–Crippen LogP) is 2.27. The van der Waals surface area contributed by atoms with Crippen molar-refractivity contribution in [2.45, 2.75) is 19.4 Å². The van der Waals surface area contributed by atoms with Crippen LogP contribution in [0.15, 0.2) is 22.8 Å². The van der Waals surface area contributed by atoms with E-state index in [1.54, 1.807) is 0 Å². The summed E-state index contributed by atoms with van der Waals surface area (Å²) in [5.74, 6) is 1.02. The summed E-state index contributed by atoms with van der Waals surface area (Å²) in [7, 11) is 0. The van der Waals surface area contributed by atoms with Gasteiger partial charge in [0, 0.05) is 36.8 Å². The molecule has 1 aliphatic rings. The lowest BCUT2D eigenvalue weighted by molar-refractivity contribution is 0.216. The normalized spacial score (nSPS) is 18.4. The zero-order chi connectivity index (χ0) is 13.0. The Morgan fingerprint density at radius 3 is 2.61 bits per heavy atom. The van der Waals surface area contributed by atoms with E-state index in [1.807, 2.05) is 18.3 Å². The van der Waals surface area contributed by atoms with Crippen LogP contribution in [0.4, 0.5) is 5.82 Å². The zero-order valence-electron chi connectivity index (χ0n) is 10.5. The highest BCUT2D eigenvalue weighted by atomic mass is 79.9. The Hall–Kier alpha value is -1.12. The van der Waals surface area contributed by atoms with E-state index in [-0.39, 0.29) is 6.04 Å². The van der Waals surface area contributed by atoms with Crippen molar-refractivity contribution < 1.29 is 0 Å². The van der Waals surface area contributed by atoms with Crippen LogP contribution in [0.2, 0.25) is 0 Å². The summed E-state index contributed by atoms with van der Waals surface area (Å²) in [6, 6.07) is 6.47. The Balaban J connectivity index is 1.94. The van der Waals surface area contributed by atoms with Crippen LogP contribution in [0.1, 0.15) is 13.3 Å². The molecule has 0 aliphatic carbocycles. The molecule has 2 heterocycles. The van der Waals surface area contributed by atoms with Gasteiger partial charge in [0.1, 0.15) is 5.82 Å². The van der Waals surface area contributed by atoms with Crippen LogP contribution in [0.5, 0.6) is 0 Å². The van der Waals surface area contributed by atoms with Crippen molar-refractivity contribution in [1.29, 1.82) is 5.26 Å². The summed E-state index contributed by atoms with van der Waals surface area (Å²) < 4.78 is 1.00. The molecule has 1 saturated heterocycles. The summed E-state index contributed by atoms with van der Waals surface area (Å²) in [5.41, 5.74) is 0. The van der Waals surface area contributed by atoms with Gasteiger partial charge < -0.3 is 4.90 Å². The molecule has 1 aromatic heterocycles. The Kier molecular flexibility index (Phi) is 4.56. The molecule has 0 N–H and O–H groups in total. The van der Waals surface area contributed by atoms with Gasteiger partial charge in [0.2, 0.25) is 0 Å². The molecule has 1 aliphatic heterocycles. The topological polar surface area (TPSA) is 43.2 Å². The van der Waals surface area contributed by atoms with Gasteiger partial charge in [-0.25, -0.2) is 4.98 Å². The van der Waals surface area contributed by atoms with Gasteiger partial charge in [0.05, 0.1) is 12.1 Å². The van der Waals surface area contributed by atoms with E-state index < -0.39 is 0 Å². The first-order chi connectivity index (χ1) is 8.74. The molecule has 0 aromatic carbocycles. The van der Waals surface area contributed by atoms with Gasteiger partial charge in [0.15, 0.2) is 0 Å². The van der Waals surface area contributed by atoms with Crippen molar-refractivity contribution in [3.63, 3.8) is 0 Å². The number of nitriles is 1. The second-order valence-electron chi connectivity index (χ2n) is 4.41. The Morgan fingerprint density at radius 2 is 2.11 bits per heavy atom. The zero-order valence-corrected chi connectivity index (χ0v) is 12.1. The second-order valence-corrected chi connectivity index (χ2v) is 5.33. The largest absolute Gasteiger partial charge is 0.354 e. The number of halogens is 1. The maximum atomic E-state index is 9.07. The van der Waals surface area contributed by atoms with E-state index in [9.17, 15) is 0 Å². The number of hydrogen-bond acceptors (Lipinski definition) is 4. The number of rotatable bonds is 3. The first-order valence-corrected chi connectivity index (χ1v) is 7.04. The van der Waals surface area contributed by atoms with Crippen LogP contribution in [0.25, 0.3) is 0 Å². The lowest BCUT2D eigenvalue weighted by Crippen LogP contribution is -2.50. The first-order valence-electron chi connectivity index (χ1n) is 6.24. The summed E-state index contributed by atoms with van der Waals surface area (Å²) in [5, 5.41) is 9.07. The SMILES string of the molecule is CCC(C#N)N1CCN(c2ccc(Br)cn2)CC1. The number of hydrogen-bond donors (Lipinski definition) is 0. The van der Waals surface area contributed by atoms with E-state index in [0.717, 1.165) is 42.9 Å². The maximum absolute atomic E-state index is 9.07. The van der Waals surface area contributed by atoms with E-state index in [4.69, 9.17) is 5.26 Å². The molecular formula is C13H17BrN4. The standard InChI is InChI=1S/C13H17BrN4/c1-2-12(9-15)17-5-7-18(8-6-17)13-4-3-11(14)10-16-13/h3-4,10,12H,2,5-8H2,1H3. The first kappa shape index (κ1) is 13.3. The van der Waals surface area contributed by atoms with Gasteiger partial charge in [-0.3, -0.25) is 4.90 Å². The van der Waals surface area contributed by atoms with E-state index in [1.165, 1.54) is 0 Å². The summed E-state index contributed by atoms with van der Waals surface area (Å²) in [4.78, 5) is 8.94. The molecule has 0 saturated carbocycles. The minimum Gasteiger partial charge on any atom is -0.354 e. The van der Waals surface area contributed by atoms with Crippen molar-refractivity contribution >= 4 is 21.7 Å². The highest BCUT2D eigenvalue weighted by Gasteiger charge is 2.22. The van der Waals surface area contributed by atoms with Gasteiger partial charge in [-0.15, -0.1) is 0 Å². The van der Waals surface area contributed by atoms with E-state index >= 15 is 0 Å². The fourth-order valence-corrected chi connectivity index (χ4v) is 2.48. The Morgan fingerprint density at radius 1 is 1.39 bits per heavy atom. The molecular weight excluding hydrogens is 292 g/mol. The molecule has 0 spiro atoms. The van der Waals surface area contributed by atoms with Crippen molar-refractivity contribution in [3.8, 4) is 6.07 Å². The van der Waals surface area contributed by atoms with Crippen LogP contribution in [0, 0.1) is 11.3 Å². The predicted molar refractivity (Wildman–Crippen MR) is 75.4 cm³/mol. The van der Waals surface area contributed by atoms with Crippen molar-refractivity contribution in [2.75, 3.05) is 31.1 Å². The quantitative estimate of drug-likeness (QED) is 0.859. The van der Waals surface area contributed by atoms with Crippen LogP contribution in [-0.4, -0.2) is 42.1 Å². The third-order valence-electron chi connectivity index (χ3n) is 3.33. The minimum absolute atomic E-state index is 0.0602. The minimum atomic E-state index is 0.0602. The number of anilines is 1. The van der Waals surface area contributed by atoms with Crippen molar-refractivity contribution in [1.82, 2.24) is 9.88 Å². The highest BCUT2D eigenvalue weighted by Crippen LogP contribution is 2.17. The van der Waals surface area contributed by atoms with E-state index in [2.05, 4.69) is 43.7 Å². The average molecular weight is 309 g/mol. The lowest BCUT2D eigenvalue weighted by atomic mass is 10.2. The van der Waals surface area contributed by atoms with Gasteiger partial charge in [-0.2, -0.15) is 5.26 Å². The van der Waals surface area contributed by atoms with Gasteiger partial charge in [-0.1, -0.05) is 6.92 Å². The molecule has 1 atom stereocenters. The summed E-state index contributed by atoms with van der Waals surface area (Å²) in [6.07, 6.45) is 2.72. The van der Waals surface area contributed by atoms with Gasteiger partial charge in [-0.05, 0) is 34.5 Å². The van der Waals surface area contributed by atoms with Crippen LogP contribution >= 0.6 is 15.9 Å². The fourth-order valence-electron chi connectivity index (χ4n) is 2.25. The molecule has 1 fully saturated rings. The molecule has 0 amide bonds. The molecule has 1 aromatic rings. The highest BCUT2D eigenvalue weighted by molar-refractivity contribution is 9.10. The molecule has 0 bridgehead atoms. The van der Waals surface area contributed by atoms with Crippen LogP contribution < -0.4 is 4.90 Å². The van der Waals surface area contributed by atoms with E-state index in [0.29, 0.717) is 0 Å². The van der Waals surface area contributed by atoms with Crippen LogP contribution in [-0.2, 0) is 0 Å². The fraction of sp³-hybridized carbons (Fsp3) is 0.538. The molecule has 96 valence electrons. The number of piperazine rings is 1. The molecule has 0 radical (unpaired) electrons. The monoisotopic (exact) mass is 308 g/mol. The number of nitrogens with zero attached hydrogens (tertiary/aromatic N) is 4. The summed E-state index contributed by atoms with van der Waals surface area (Å²) >= 11 is 3.39. The number of aromatic nitrogens is 1. The third-order valence-corrected chi connectivity index (χ3v) is 3.80. The lowest BCUT2D eigenvalue weighted by Gasteiger charge is -2.37. The second kappa shape index (κ2) is 6.17. The molecule has 4 nitrogen and oxygen atoms in total. The maximum Gasteiger partial charge on any atom is 0.128 e. The Labute approximate surface area is 116 Å². The molecule has 2 rings (SSSR count). The summed E-state index contributed by atoms with van der Waals surface area (Å²) in [6.45, 7) is 5.81. The molecule has 5 heteroatoms. The molecule has 18 heavy (non-hydrogen) atoms. The Bertz CT molecular complexity index is 418. The van der Waals surface area contributed by atoms with Crippen molar-refractivity contribution in [3.05, 3.63) is 22.8 Å². The average Bonchev–Trinajstić information content (AvgIpc) is 2.42. The van der Waals surface area contributed by atoms with Gasteiger partial charge >= 0.3 is 0 Å². The van der Waals surface area contributed by atoms with Crippen LogP contribution in [0.3, 0.4) is 0 Å². The number of pyridine rings is 1.